The van der Waals surface area contributed by atoms with Crippen molar-refractivity contribution in [3.63, 3.8) is 0 Å². The Labute approximate surface area is 423 Å². The second-order valence-electron chi connectivity index (χ2n) is 16.4. The summed E-state index contributed by atoms with van der Waals surface area (Å²) in [5, 5.41) is 3.28. The van der Waals surface area contributed by atoms with Gasteiger partial charge in [0.1, 0.15) is 29.7 Å². The fraction of sp³-hybridized carbons (Fsp3) is 0.538. The molecule has 27 heteroatoms. The number of hydrogen-bond donors (Lipinski definition) is 4. The van der Waals surface area contributed by atoms with E-state index in [1.165, 1.54) is 0 Å². The number of H-pyrrole nitrogens is 1. The van der Waals surface area contributed by atoms with Crippen LogP contribution in [0.25, 0.3) is 22.6 Å². The van der Waals surface area contributed by atoms with E-state index in [9.17, 15) is 9.59 Å². The minimum absolute atomic E-state index is 0.0931. The first-order chi connectivity index (χ1) is 31.6. The molecule has 0 amide bonds. The third kappa shape index (κ3) is 14.9. The van der Waals surface area contributed by atoms with Crippen LogP contribution in [-0.2, 0) is 25.7 Å². The van der Waals surface area contributed by atoms with Gasteiger partial charge in [-0.15, -0.1) is 0 Å². The number of anilines is 3. The number of ether oxygens (including phenoxy) is 4. The average molecular weight is 1250 g/mol. The van der Waals surface area contributed by atoms with Gasteiger partial charge in [0.15, 0.2) is 40.0 Å². The molecule has 6 aromatic heterocycles. The quantitative estimate of drug-likeness (QED) is 0.0820. The smallest absolute Gasteiger partial charge is 0.333 e. The standard InChI is InChI=1S/C16H25BrN4O3Si.C10H11BrN4O2.C9H13BrN4O.C4H3Br2N3/c1-25(2,3)9-8-24-11-20-14-15(19-13(17)10-18-14)21(16(20)22)12-4-6-23-7-5-12;11-7-5-12-8-9(13-7)15(10(16)14-8)6-1-3-17-4-2-6;10-7-5-12-8(11)9(14-7)13-6-1-3-15-4-2-6;5-2-1-8-4(7)3(6)9-2/h10,12H,4-9,11H2,1-3H3;5-6H,1-4H2,(H,12,14,16);5-6H,1-4H2,(H2,11,12)(H,13,14);1H,(H2,7,8). The molecular weight excluding hydrogens is 1200 g/mol. The summed E-state index contributed by atoms with van der Waals surface area (Å²) in [5.41, 5.74) is 13.1. The first kappa shape index (κ1) is 52.1. The Morgan fingerprint density at radius 3 is 1.79 bits per heavy atom. The van der Waals surface area contributed by atoms with Crippen LogP contribution < -0.4 is 28.2 Å². The highest BCUT2D eigenvalue weighted by molar-refractivity contribution is 9.11. The van der Waals surface area contributed by atoms with Crippen LogP contribution in [0.4, 0.5) is 17.5 Å². The van der Waals surface area contributed by atoms with Gasteiger partial charge >= 0.3 is 11.4 Å². The molecule has 0 bridgehead atoms. The van der Waals surface area contributed by atoms with Gasteiger partial charge in [-0.25, -0.2) is 49.5 Å². The van der Waals surface area contributed by atoms with E-state index in [1.54, 1.807) is 38.5 Å². The first-order valence-corrected chi connectivity index (χ1v) is 28.8. The number of fused-ring (bicyclic) bond motifs is 2. The van der Waals surface area contributed by atoms with E-state index in [0.29, 0.717) is 102 Å². The van der Waals surface area contributed by atoms with E-state index in [-0.39, 0.29) is 30.2 Å². The van der Waals surface area contributed by atoms with Crippen molar-refractivity contribution in [2.75, 3.05) is 63.0 Å². The van der Waals surface area contributed by atoms with E-state index in [2.05, 4.69) is 149 Å². The SMILES string of the molecule is C[Si](C)(C)CCOCn1c(=O)n(C2CCOCC2)c2nc(Br)cnc21.Nc1ncc(Br)nc1Br.Nc1ncc(Br)nc1NC1CCOCC1.O=c1[nH]c2ncc(Br)nc2n1C1CCOCC1. The molecule has 0 aliphatic carbocycles. The zero-order valence-corrected chi connectivity index (χ0v) is 45.5. The van der Waals surface area contributed by atoms with E-state index in [4.69, 9.17) is 30.4 Å². The van der Waals surface area contributed by atoms with Crippen molar-refractivity contribution in [3.05, 3.63) is 68.8 Å². The van der Waals surface area contributed by atoms with Crippen LogP contribution in [0, 0.1) is 0 Å². The molecule has 0 spiro atoms. The molecule has 6 aromatic rings. The Kier molecular flexibility index (Phi) is 19.6. The van der Waals surface area contributed by atoms with Crippen molar-refractivity contribution < 1.29 is 18.9 Å². The second-order valence-corrected chi connectivity index (χ2v) is 26.1. The molecule has 3 fully saturated rings. The molecule has 3 saturated heterocycles. The number of rotatable bonds is 9. The molecule has 0 radical (unpaired) electrons. The number of aromatic nitrogens is 12. The van der Waals surface area contributed by atoms with E-state index in [0.717, 1.165) is 57.8 Å². The van der Waals surface area contributed by atoms with Crippen LogP contribution in [0.2, 0.25) is 25.7 Å². The lowest BCUT2D eigenvalue weighted by Gasteiger charge is -2.23. The van der Waals surface area contributed by atoms with Crippen LogP contribution in [0.1, 0.15) is 50.6 Å². The lowest BCUT2D eigenvalue weighted by atomic mass is 10.1. The number of hydrogen-bond acceptors (Lipinski definition) is 17. The molecule has 358 valence electrons. The van der Waals surface area contributed by atoms with Crippen molar-refractivity contribution in [3.8, 4) is 0 Å². The minimum atomic E-state index is -1.16. The van der Waals surface area contributed by atoms with Gasteiger partial charge in [-0.2, -0.15) is 0 Å². The number of imidazole rings is 2. The van der Waals surface area contributed by atoms with Gasteiger partial charge in [-0.1, -0.05) is 19.6 Å². The third-order valence-corrected chi connectivity index (χ3v) is 14.2. The molecule has 6 N–H and O–H groups in total. The van der Waals surface area contributed by atoms with E-state index >= 15 is 0 Å². The maximum Gasteiger partial charge on any atom is 0.333 e. The lowest BCUT2D eigenvalue weighted by molar-refractivity contribution is 0.0669. The van der Waals surface area contributed by atoms with Gasteiger partial charge in [0, 0.05) is 72.4 Å². The molecule has 3 aliphatic heterocycles. The number of nitrogens with two attached hydrogens (primary N) is 2. The molecular formula is C39H52Br5N15O6Si. The molecule has 0 aromatic carbocycles. The van der Waals surface area contributed by atoms with Crippen LogP contribution in [0.5, 0.6) is 0 Å². The van der Waals surface area contributed by atoms with Crippen molar-refractivity contribution >= 4 is 128 Å². The summed E-state index contributed by atoms with van der Waals surface area (Å²) in [7, 11) is -1.16. The van der Waals surface area contributed by atoms with Crippen LogP contribution in [0.15, 0.2) is 57.4 Å². The highest BCUT2D eigenvalue weighted by atomic mass is 79.9. The Morgan fingerprint density at radius 1 is 0.682 bits per heavy atom. The Morgan fingerprint density at radius 2 is 1.20 bits per heavy atom. The molecule has 21 nitrogen and oxygen atoms in total. The summed E-state index contributed by atoms with van der Waals surface area (Å²) in [5.74, 6) is 1.49. The minimum Gasteiger partial charge on any atom is -0.381 e. The fourth-order valence-corrected chi connectivity index (χ4v) is 9.36. The van der Waals surface area contributed by atoms with Gasteiger partial charge in [0.25, 0.3) is 0 Å². The monoisotopic (exact) mass is 1250 g/mol. The van der Waals surface area contributed by atoms with Gasteiger partial charge in [0.2, 0.25) is 0 Å². The number of halogens is 5. The Balaban J connectivity index is 0.000000154. The summed E-state index contributed by atoms with van der Waals surface area (Å²) in [4.78, 5) is 61.0. The van der Waals surface area contributed by atoms with Gasteiger partial charge < -0.3 is 35.7 Å². The molecule has 3 aliphatic rings. The average Bonchev–Trinajstić information content (AvgIpc) is 3.77. The van der Waals surface area contributed by atoms with Crippen LogP contribution in [-0.4, -0.2) is 119 Å². The van der Waals surface area contributed by atoms with Crippen molar-refractivity contribution in [1.29, 1.82) is 0 Å². The predicted molar refractivity (Wildman–Crippen MR) is 271 cm³/mol. The maximum absolute atomic E-state index is 13.0. The first-order valence-electron chi connectivity index (χ1n) is 21.1. The highest BCUT2D eigenvalue weighted by Crippen LogP contribution is 2.25. The lowest BCUT2D eigenvalue weighted by Crippen LogP contribution is -2.31. The second kappa shape index (κ2) is 24.8. The van der Waals surface area contributed by atoms with E-state index in [1.807, 2.05) is 0 Å². The van der Waals surface area contributed by atoms with Crippen LogP contribution in [0.3, 0.4) is 0 Å². The number of nitrogen functional groups attached to an aromatic ring is 2. The van der Waals surface area contributed by atoms with Gasteiger partial charge in [-0.3, -0.25) is 18.7 Å². The zero-order valence-electron chi connectivity index (χ0n) is 36.6. The zero-order chi connectivity index (χ0) is 47.4. The summed E-state index contributed by atoms with van der Waals surface area (Å²) in [6.45, 7) is 12.1. The highest BCUT2D eigenvalue weighted by Gasteiger charge is 2.25. The Hall–Kier alpha value is -3.28. The maximum atomic E-state index is 13.0. The normalized spacial score (nSPS) is 16.2. The molecule has 66 heavy (non-hydrogen) atoms. The summed E-state index contributed by atoms with van der Waals surface area (Å²) in [6.07, 6.45) is 11.6. The number of aromatic amines is 1. The predicted octanol–water partition coefficient (Wildman–Crippen LogP) is 7.25. The topological polar surface area (TPSA) is 269 Å². The summed E-state index contributed by atoms with van der Waals surface area (Å²) in [6, 6.07) is 1.69. The molecule has 9 heterocycles. The summed E-state index contributed by atoms with van der Waals surface area (Å²) < 4.78 is 30.0. The fourth-order valence-electron chi connectivity index (χ4n) is 6.97. The molecule has 0 atom stereocenters. The van der Waals surface area contributed by atoms with Crippen molar-refractivity contribution in [2.24, 2.45) is 0 Å². The van der Waals surface area contributed by atoms with Crippen LogP contribution >= 0.6 is 79.6 Å². The van der Waals surface area contributed by atoms with Gasteiger partial charge in [-0.05, 0) is 124 Å². The third-order valence-electron chi connectivity index (χ3n) is 10.4. The largest absolute Gasteiger partial charge is 0.381 e. The van der Waals surface area contributed by atoms with Gasteiger partial charge in [0.05, 0.1) is 24.8 Å². The number of nitrogens with one attached hydrogen (secondary N) is 2. The van der Waals surface area contributed by atoms with E-state index < -0.39 is 8.07 Å². The van der Waals surface area contributed by atoms with Crippen molar-refractivity contribution in [1.82, 2.24) is 58.6 Å². The van der Waals surface area contributed by atoms with Crippen molar-refractivity contribution in [2.45, 2.75) is 89.1 Å². The molecule has 0 unspecified atom stereocenters. The molecule has 0 saturated carbocycles. The molecule has 9 rings (SSSR count). The Bertz CT molecular complexity index is 2650. The number of nitrogens with zero attached hydrogens (tertiary/aromatic N) is 11. The summed E-state index contributed by atoms with van der Waals surface area (Å²) >= 11 is 16.2.